The fraction of sp³-hybridized carbons (Fsp3) is 0.677. The molecule has 3 atom stereocenters. The van der Waals surface area contributed by atoms with Gasteiger partial charge in [0.2, 0.25) is 0 Å². The Labute approximate surface area is 234 Å². The van der Waals surface area contributed by atoms with Crippen molar-refractivity contribution in [3.63, 3.8) is 0 Å². The first-order valence-electron chi connectivity index (χ1n) is 14.8. The van der Waals surface area contributed by atoms with Crippen molar-refractivity contribution < 1.29 is 17.9 Å². The summed E-state index contributed by atoms with van der Waals surface area (Å²) in [4.78, 5) is 8.69. The molecule has 6 rings (SSSR count). The first kappa shape index (κ1) is 27.7. The Morgan fingerprint density at radius 3 is 2.69 bits per heavy atom. The lowest BCUT2D eigenvalue weighted by Gasteiger charge is -2.45. The van der Waals surface area contributed by atoms with E-state index in [9.17, 15) is 13.2 Å². The molecule has 1 aliphatic carbocycles. The molecule has 1 aromatic heterocycles. The molecule has 0 radical (unpaired) electrons. The molecule has 39 heavy (non-hydrogen) atoms. The smallest absolute Gasteiger partial charge is 0.381 e. The van der Waals surface area contributed by atoms with Crippen molar-refractivity contribution in [2.75, 3.05) is 64.0 Å². The summed E-state index contributed by atoms with van der Waals surface area (Å²) in [5.41, 5.74) is 2.79. The number of aromatic nitrogens is 1. The van der Waals surface area contributed by atoms with E-state index in [1.54, 1.807) is 6.07 Å². The number of hydrogen-bond acceptors (Lipinski definition) is 4. The zero-order chi connectivity index (χ0) is 27.0. The third-order valence-electron chi connectivity index (χ3n) is 10.1. The number of fused-ring (bicyclic) bond motifs is 4. The van der Waals surface area contributed by atoms with Crippen molar-refractivity contribution in [3.8, 4) is 0 Å². The monoisotopic (exact) mass is 561 g/mol. The minimum Gasteiger partial charge on any atom is -0.381 e. The number of piperidine rings is 1. The number of ether oxygens (including phenoxy) is 1. The molecule has 214 valence electrons. The lowest BCUT2D eigenvalue weighted by Crippen LogP contribution is -2.46. The largest absolute Gasteiger partial charge is 0.416 e. The van der Waals surface area contributed by atoms with Gasteiger partial charge >= 0.3 is 6.18 Å². The summed E-state index contributed by atoms with van der Waals surface area (Å²) in [5.74, 6) is 3.81. The van der Waals surface area contributed by atoms with Gasteiger partial charge in [0.05, 0.1) is 5.56 Å². The fourth-order valence-corrected chi connectivity index (χ4v) is 8.60. The predicted molar refractivity (Wildman–Crippen MR) is 153 cm³/mol. The Hall–Kier alpha value is -1.48. The van der Waals surface area contributed by atoms with Gasteiger partial charge in [0.15, 0.2) is 0 Å². The van der Waals surface area contributed by atoms with Crippen LogP contribution in [0, 0.1) is 17.3 Å². The van der Waals surface area contributed by atoms with Gasteiger partial charge in [-0.15, -0.1) is 0 Å². The normalized spacial score (nSPS) is 28.6. The third kappa shape index (κ3) is 5.95. The number of rotatable bonds is 6. The lowest BCUT2D eigenvalue weighted by molar-refractivity contribution is -0.137. The number of aromatic amines is 1. The molecule has 8 heteroatoms. The van der Waals surface area contributed by atoms with Gasteiger partial charge in [-0.2, -0.15) is 24.9 Å². The molecular formula is C31H42F3N3OS. The number of halogens is 3. The highest BCUT2D eigenvalue weighted by atomic mass is 32.2. The van der Waals surface area contributed by atoms with Gasteiger partial charge in [-0.1, -0.05) is 19.1 Å². The average molecular weight is 562 g/mol. The van der Waals surface area contributed by atoms with Gasteiger partial charge in [-0.3, -0.25) is 4.90 Å². The molecule has 2 unspecified atom stereocenters. The Morgan fingerprint density at radius 2 is 1.92 bits per heavy atom. The van der Waals surface area contributed by atoms with Crippen molar-refractivity contribution in [3.05, 3.63) is 47.2 Å². The van der Waals surface area contributed by atoms with Gasteiger partial charge < -0.3 is 14.6 Å². The van der Waals surface area contributed by atoms with Crippen LogP contribution in [0.25, 0.3) is 10.9 Å². The van der Waals surface area contributed by atoms with Crippen LogP contribution in [-0.4, -0.2) is 78.8 Å². The first-order chi connectivity index (χ1) is 18.8. The maximum atomic E-state index is 13.5. The van der Waals surface area contributed by atoms with Crippen molar-refractivity contribution >= 4 is 22.7 Å². The molecule has 0 saturated carbocycles. The lowest BCUT2D eigenvalue weighted by atomic mass is 9.68. The first-order valence-corrected chi connectivity index (χ1v) is 16.0. The molecule has 1 N–H and O–H groups in total. The van der Waals surface area contributed by atoms with E-state index >= 15 is 0 Å². The van der Waals surface area contributed by atoms with Crippen molar-refractivity contribution in [2.24, 2.45) is 17.3 Å². The molecule has 4 heterocycles. The van der Waals surface area contributed by atoms with Crippen LogP contribution in [0.2, 0.25) is 0 Å². The van der Waals surface area contributed by atoms with Crippen LogP contribution in [-0.2, 0) is 17.3 Å². The van der Waals surface area contributed by atoms with Gasteiger partial charge in [0.1, 0.15) is 0 Å². The van der Waals surface area contributed by atoms with Gasteiger partial charge in [-0.05, 0) is 92.1 Å². The highest BCUT2D eigenvalue weighted by Crippen LogP contribution is 2.47. The highest BCUT2D eigenvalue weighted by Gasteiger charge is 2.41. The molecule has 4 nitrogen and oxygen atoms in total. The number of alkyl halides is 3. The summed E-state index contributed by atoms with van der Waals surface area (Å²) in [6, 6.07) is 4.19. The second kappa shape index (κ2) is 11.4. The SMILES string of the molecule is C[C@H]1c2c([nH]c3ccc(C(F)(F)F)cc23)CC2CCN(CCC3(/C=C/CN4CCSCC4)CCOCC3)CC21. The number of allylic oxidation sites excluding steroid dienone is 1. The van der Waals surface area contributed by atoms with Crippen molar-refractivity contribution in [1.82, 2.24) is 14.8 Å². The summed E-state index contributed by atoms with van der Waals surface area (Å²) >= 11 is 2.06. The van der Waals surface area contributed by atoms with Crippen LogP contribution in [0.1, 0.15) is 55.3 Å². The fourth-order valence-electron chi connectivity index (χ4n) is 7.62. The highest BCUT2D eigenvalue weighted by molar-refractivity contribution is 7.99. The van der Waals surface area contributed by atoms with Crippen LogP contribution in [0.5, 0.6) is 0 Å². The van der Waals surface area contributed by atoms with Crippen LogP contribution in [0.4, 0.5) is 13.2 Å². The summed E-state index contributed by atoms with van der Waals surface area (Å²) in [5, 5.41) is 0.765. The van der Waals surface area contributed by atoms with E-state index in [1.165, 1.54) is 36.7 Å². The average Bonchev–Trinajstić information content (AvgIpc) is 3.31. The topological polar surface area (TPSA) is 31.5 Å². The number of hydrogen-bond donors (Lipinski definition) is 1. The van der Waals surface area contributed by atoms with Gasteiger partial charge in [-0.25, -0.2) is 0 Å². The summed E-state index contributed by atoms with van der Waals surface area (Å²) in [7, 11) is 0. The Balaban J connectivity index is 1.13. The van der Waals surface area contributed by atoms with Crippen LogP contribution >= 0.6 is 11.8 Å². The summed E-state index contributed by atoms with van der Waals surface area (Å²) in [6.45, 7) is 10.6. The van der Waals surface area contributed by atoms with E-state index in [1.807, 2.05) is 0 Å². The maximum absolute atomic E-state index is 13.5. The number of thioether (sulfide) groups is 1. The molecule has 4 aliphatic rings. The molecule has 0 bridgehead atoms. The summed E-state index contributed by atoms with van der Waals surface area (Å²) in [6.07, 6.45) is 6.08. The van der Waals surface area contributed by atoms with E-state index in [4.69, 9.17) is 4.74 Å². The minimum absolute atomic E-state index is 0.218. The van der Waals surface area contributed by atoms with Gasteiger partial charge in [0, 0.05) is 67.5 Å². The van der Waals surface area contributed by atoms with Crippen LogP contribution in [0.15, 0.2) is 30.4 Å². The van der Waals surface area contributed by atoms with Crippen LogP contribution < -0.4 is 0 Å². The second-order valence-corrected chi connectivity index (χ2v) is 13.5. The number of nitrogens with zero attached hydrogens (tertiary/aromatic N) is 2. The maximum Gasteiger partial charge on any atom is 0.416 e. The number of nitrogens with one attached hydrogen (secondary N) is 1. The van der Waals surface area contributed by atoms with E-state index in [0.717, 1.165) is 93.7 Å². The van der Waals surface area contributed by atoms with E-state index in [2.05, 4.69) is 45.6 Å². The predicted octanol–water partition coefficient (Wildman–Crippen LogP) is 6.58. The molecule has 3 fully saturated rings. The molecule has 2 aromatic rings. The van der Waals surface area contributed by atoms with Crippen LogP contribution in [0.3, 0.4) is 0 Å². The Bertz CT molecular complexity index is 1170. The molecule has 1 aromatic carbocycles. The number of benzene rings is 1. The quantitative estimate of drug-likeness (QED) is 0.404. The molecule has 0 spiro atoms. The standard InChI is InChI=1S/C31H42F3N3OS/c1-22-26-21-37(12-7-30(8-15-38-16-9-30)6-2-10-36-13-17-39-18-14-36)11-5-23(26)19-28-29(22)25-20-24(31(32,33)34)3-4-27(25)35-28/h2-4,6,20,22-23,26,35H,5,7-19,21H2,1H3/b6-2+/t22-,23?,26?/m1/s1. The third-order valence-corrected chi connectivity index (χ3v) is 11.0. The minimum atomic E-state index is -4.32. The Morgan fingerprint density at radius 1 is 1.13 bits per heavy atom. The molecule has 0 amide bonds. The number of H-pyrrole nitrogens is 1. The zero-order valence-corrected chi connectivity index (χ0v) is 23.9. The Kier molecular flexibility index (Phi) is 8.10. The van der Waals surface area contributed by atoms with Crippen molar-refractivity contribution in [1.29, 1.82) is 0 Å². The van der Waals surface area contributed by atoms with Crippen molar-refractivity contribution in [2.45, 2.75) is 51.1 Å². The van der Waals surface area contributed by atoms with E-state index in [0.29, 0.717) is 11.8 Å². The second-order valence-electron chi connectivity index (χ2n) is 12.3. The molecule has 3 saturated heterocycles. The van der Waals surface area contributed by atoms with E-state index in [-0.39, 0.29) is 11.3 Å². The number of likely N-dealkylation sites (tertiary alicyclic amines) is 1. The van der Waals surface area contributed by atoms with Gasteiger partial charge in [0.25, 0.3) is 0 Å². The molecular weight excluding hydrogens is 519 g/mol. The molecule has 3 aliphatic heterocycles. The zero-order valence-electron chi connectivity index (χ0n) is 23.1. The van der Waals surface area contributed by atoms with E-state index < -0.39 is 11.7 Å². The summed E-state index contributed by atoms with van der Waals surface area (Å²) < 4.78 is 46.2.